The molecule has 5 heteroatoms. The fraction of sp³-hybridized carbons (Fsp3) is 0.688. The molecule has 3 rings (SSSR count). The highest BCUT2D eigenvalue weighted by Crippen LogP contribution is 2.31. The molecule has 3 heterocycles. The number of thioether (sulfide) groups is 1. The molecule has 2 aliphatic rings. The lowest BCUT2D eigenvalue weighted by atomic mass is 10.1. The van der Waals surface area contributed by atoms with Crippen LogP contribution in [-0.2, 0) is 0 Å². The quantitative estimate of drug-likeness (QED) is 0.911. The van der Waals surface area contributed by atoms with Gasteiger partial charge in [0.1, 0.15) is 5.69 Å². The molecule has 1 amide bonds. The van der Waals surface area contributed by atoms with Gasteiger partial charge in [-0.15, -0.1) is 0 Å². The number of nitrogens with one attached hydrogen (secondary N) is 1. The van der Waals surface area contributed by atoms with Crippen molar-refractivity contribution in [2.45, 2.75) is 37.5 Å². The molecule has 0 radical (unpaired) electrons. The Kier molecular flexibility index (Phi) is 4.31. The topological polar surface area (TPSA) is 37.3 Å². The number of carbonyl (C=O) groups excluding carboxylic acids is 1. The normalized spacial score (nSPS) is 23.2. The van der Waals surface area contributed by atoms with Crippen molar-refractivity contribution in [1.29, 1.82) is 0 Å². The third-order valence-corrected chi connectivity index (χ3v) is 5.71. The van der Waals surface area contributed by atoms with E-state index in [2.05, 4.69) is 29.9 Å². The highest BCUT2D eigenvalue weighted by atomic mass is 32.2. The second kappa shape index (κ2) is 6.05. The van der Waals surface area contributed by atoms with Crippen LogP contribution in [0.4, 0.5) is 0 Å². The molecule has 2 saturated heterocycles. The number of hydrogen-bond donors (Lipinski definition) is 1. The SMILES string of the molecule is CC1(C)CN(C(=O)c2cccn2C2CCNCC2)CCS1. The predicted octanol–water partition coefficient (Wildman–Crippen LogP) is 2.38. The number of carbonyl (C=O) groups is 1. The van der Waals surface area contributed by atoms with Crippen LogP contribution < -0.4 is 5.32 Å². The van der Waals surface area contributed by atoms with Crippen molar-refractivity contribution in [3.63, 3.8) is 0 Å². The van der Waals surface area contributed by atoms with Gasteiger partial charge in [0.15, 0.2) is 0 Å². The number of aromatic nitrogens is 1. The van der Waals surface area contributed by atoms with Gasteiger partial charge >= 0.3 is 0 Å². The minimum Gasteiger partial charge on any atom is -0.340 e. The fourth-order valence-electron chi connectivity index (χ4n) is 3.33. The van der Waals surface area contributed by atoms with Gasteiger partial charge in [0.25, 0.3) is 5.91 Å². The van der Waals surface area contributed by atoms with Crippen LogP contribution in [0.15, 0.2) is 18.3 Å². The zero-order chi connectivity index (χ0) is 14.9. The maximum absolute atomic E-state index is 12.9. The van der Waals surface area contributed by atoms with Crippen molar-refractivity contribution in [1.82, 2.24) is 14.8 Å². The van der Waals surface area contributed by atoms with E-state index in [4.69, 9.17) is 0 Å². The van der Waals surface area contributed by atoms with E-state index in [1.54, 1.807) is 0 Å². The molecule has 1 N–H and O–H groups in total. The van der Waals surface area contributed by atoms with E-state index in [0.717, 1.165) is 50.5 Å². The Morgan fingerprint density at radius 2 is 2.14 bits per heavy atom. The van der Waals surface area contributed by atoms with Crippen molar-refractivity contribution < 1.29 is 4.79 Å². The molecule has 2 aliphatic heterocycles. The summed E-state index contributed by atoms with van der Waals surface area (Å²) in [5.41, 5.74) is 0.865. The predicted molar refractivity (Wildman–Crippen MR) is 88.0 cm³/mol. The average molecular weight is 307 g/mol. The van der Waals surface area contributed by atoms with Gasteiger partial charge in [-0.05, 0) is 51.9 Å². The van der Waals surface area contributed by atoms with E-state index in [9.17, 15) is 4.79 Å². The summed E-state index contributed by atoms with van der Waals surface area (Å²) >= 11 is 1.96. The van der Waals surface area contributed by atoms with Gasteiger partial charge in [0, 0.05) is 35.8 Å². The first-order valence-corrected chi connectivity index (χ1v) is 8.86. The number of rotatable bonds is 2. The summed E-state index contributed by atoms with van der Waals surface area (Å²) in [7, 11) is 0. The molecule has 0 bridgehead atoms. The van der Waals surface area contributed by atoms with Gasteiger partial charge < -0.3 is 14.8 Å². The Morgan fingerprint density at radius 1 is 1.38 bits per heavy atom. The summed E-state index contributed by atoms with van der Waals surface area (Å²) in [5, 5.41) is 3.39. The van der Waals surface area contributed by atoms with Crippen LogP contribution in [0.2, 0.25) is 0 Å². The fourth-order valence-corrected chi connectivity index (χ4v) is 4.44. The second-order valence-corrected chi connectivity index (χ2v) is 8.42. The molecule has 0 saturated carbocycles. The molecule has 0 atom stereocenters. The Bertz CT molecular complexity index is 505. The summed E-state index contributed by atoms with van der Waals surface area (Å²) in [6, 6.07) is 4.46. The van der Waals surface area contributed by atoms with Gasteiger partial charge in [-0.1, -0.05) is 0 Å². The molecule has 0 unspecified atom stereocenters. The average Bonchev–Trinajstić information content (AvgIpc) is 2.95. The summed E-state index contributed by atoms with van der Waals surface area (Å²) < 4.78 is 2.37. The molecule has 4 nitrogen and oxygen atoms in total. The largest absolute Gasteiger partial charge is 0.340 e. The monoisotopic (exact) mass is 307 g/mol. The Morgan fingerprint density at radius 3 is 2.86 bits per heavy atom. The standard InChI is InChI=1S/C16H25N3OS/c1-16(2)12-18(10-11-21-16)15(20)14-4-3-9-19(14)13-5-7-17-8-6-13/h3-4,9,13,17H,5-8,10-12H2,1-2H3. The highest BCUT2D eigenvalue weighted by molar-refractivity contribution is 8.00. The van der Waals surface area contributed by atoms with E-state index < -0.39 is 0 Å². The summed E-state index contributed by atoms with van der Waals surface area (Å²) in [6.45, 7) is 8.25. The first kappa shape index (κ1) is 15.0. The maximum atomic E-state index is 12.9. The summed E-state index contributed by atoms with van der Waals surface area (Å²) in [6.07, 6.45) is 4.29. The van der Waals surface area contributed by atoms with Crippen molar-refractivity contribution in [2.24, 2.45) is 0 Å². The maximum Gasteiger partial charge on any atom is 0.270 e. The van der Waals surface area contributed by atoms with Crippen LogP contribution in [0, 0.1) is 0 Å². The lowest BCUT2D eigenvalue weighted by Gasteiger charge is -2.38. The Labute approximate surface area is 131 Å². The lowest BCUT2D eigenvalue weighted by molar-refractivity contribution is 0.0733. The minimum absolute atomic E-state index is 0.167. The molecule has 21 heavy (non-hydrogen) atoms. The van der Waals surface area contributed by atoms with Crippen molar-refractivity contribution >= 4 is 17.7 Å². The van der Waals surface area contributed by atoms with Crippen LogP contribution in [0.25, 0.3) is 0 Å². The molecule has 1 aromatic rings. The Hall–Kier alpha value is -0.940. The molecule has 0 spiro atoms. The number of hydrogen-bond acceptors (Lipinski definition) is 3. The first-order valence-electron chi connectivity index (χ1n) is 7.88. The third kappa shape index (κ3) is 3.29. The molecule has 2 fully saturated rings. The summed E-state index contributed by atoms with van der Waals surface area (Å²) in [4.78, 5) is 14.9. The van der Waals surface area contributed by atoms with Gasteiger partial charge in [0.05, 0.1) is 0 Å². The van der Waals surface area contributed by atoms with Gasteiger partial charge in [0.2, 0.25) is 0 Å². The van der Waals surface area contributed by atoms with E-state index in [0.29, 0.717) is 6.04 Å². The van der Waals surface area contributed by atoms with Gasteiger partial charge in [-0.2, -0.15) is 11.8 Å². The Balaban J connectivity index is 1.77. The molecule has 1 aromatic heterocycles. The first-order chi connectivity index (χ1) is 10.1. The van der Waals surface area contributed by atoms with Gasteiger partial charge in [-0.25, -0.2) is 0 Å². The van der Waals surface area contributed by atoms with E-state index in [1.807, 2.05) is 28.8 Å². The van der Waals surface area contributed by atoms with E-state index >= 15 is 0 Å². The smallest absolute Gasteiger partial charge is 0.270 e. The molecular formula is C16H25N3OS. The van der Waals surface area contributed by atoms with Crippen LogP contribution in [0.5, 0.6) is 0 Å². The number of amides is 1. The van der Waals surface area contributed by atoms with Crippen LogP contribution in [-0.4, -0.2) is 52.1 Å². The van der Waals surface area contributed by atoms with Crippen LogP contribution in [0.3, 0.4) is 0 Å². The number of nitrogens with zero attached hydrogens (tertiary/aromatic N) is 2. The van der Waals surface area contributed by atoms with Crippen molar-refractivity contribution in [3.8, 4) is 0 Å². The number of piperidine rings is 1. The van der Waals surface area contributed by atoms with Crippen molar-refractivity contribution in [3.05, 3.63) is 24.0 Å². The molecule has 0 aromatic carbocycles. The summed E-state index contributed by atoms with van der Waals surface area (Å²) in [5.74, 6) is 1.24. The van der Waals surface area contributed by atoms with E-state index in [1.165, 1.54) is 0 Å². The third-order valence-electron chi connectivity index (χ3n) is 4.41. The molecular weight excluding hydrogens is 282 g/mol. The van der Waals surface area contributed by atoms with E-state index in [-0.39, 0.29) is 10.7 Å². The zero-order valence-electron chi connectivity index (χ0n) is 13.0. The van der Waals surface area contributed by atoms with Gasteiger partial charge in [-0.3, -0.25) is 4.79 Å². The van der Waals surface area contributed by atoms with Crippen LogP contribution in [0.1, 0.15) is 43.2 Å². The zero-order valence-corrected chi connectivity index (χ0v) is 13.8. The molecule has 0 aliphatic carbocycles. The van der Waals surface area contributed by atoms with Crippen LogP contribution >= 0.6 is 11.8 Å². The molecule has 116 valence electrons. The second-order valence-electron chi connectivity index (χ2n) is 6.62. The van der Waals surface area contributed by atoms with Crippen molar-refractivity contribution in [2.75, 3.05) is 31.9 Å². The minimum atomic E-state index is 0.167. The lowest BCUT2D eigenvalue weighted by Crippen LogP contribution is -2.46. The highest BCUT2D eigenvalue weighted by Gasteiger charge is 2.31.